The number of hydrogen-bond acceptors (Lipinski definition) is 8. The minimum Gasteiger partial charge on any atom is -0.463 e. The molecule has 9 heteroatoms. The van der Waals surface area contributed by atoms with Crippen molar-refractivity contribution in [2.45, 2.75) is 38.6 Å². The van der Waals surface area contributed by atoms with Gasteiger partial charge in [-0.25, -0.2) is 0 Å². The van der Waals surface area contributed by atoms with Crippen LogP contribution in [0.25, 0.3) is 0 Å². The Hall–Kier alpha value is -3.07. The summed E-state index contributed by atoms with van der Waals surface area (Å²) in [5.74, 6) is -4.33. The molecule has 32 heavy (non-hydrogen) atoms. The molecule has 0 bridgehead atoms. The third-order valence-electron chi connectivity index (χ3n) is 6.73. The fourth-order valence-electron chi connectivity index (χ4n) is 5.07. The van der Waals surface area contributed by atoms with Gasteiger partial charge in [-0.2, -0.15) is 0 Å². The number of carbonyl (C=O) groups is 5. The van der Waals surface area contributed by atoms with Crippen LogP contribution in [-0.4, -0.2) is 71.4 Å². The molecular weight excluding hydrogens is 414 g/mol. The van der Waals surface area contributed by atoms with Crippen LogP contribution in [0, 0.1) is 11.8 Å². The summed E-state index contributed by atoms with van der Waals surface area (Å²) in [6, 6.07) is 4.38. The molecule has 9 nitrogen and oxygen atoms in total. The van der Waals surface area contributed by atoms with E-state index in [1.165, 1.54) is 6.07 Å². The normalized spacial score (nSPS) is 26.0. The van der Waals surface area contributed by atoms with Crippen LogP contribution in [0.3, 0.4) is 0 Å². The number of carbonyl (C=O) groups excluding carboxylic acids is 5. The van der Waals surface area contributed by atoms with Gasteiger partial charge >= 0.3 is 5.97 Å². The van der Waals surface area contributed by atoms with Gasteiger partial charge in [-0.15, -0.1) is 0 Å². The molecule has 3 aliphatic rings. The van der Waals surface area contributed by atoms with Crippen LogP contribution in [0.5, 0.6) is 0 Å². The number of hydrogen-bond donors (Lipinski definition) is 1. The van der Waals surface area contributed by atoms with E-state index in [-0.39, 0.29) is 54.8 Å². The zero-order valence-corrected chi connectivity index (χ0v) is 18.0. The lowest BCUT2D eigenvalue weighted by atomic mass is 9.81. The van der Waals surface area contributed by atoms with Crippen molar-refractivity contribution in [1.82, 2.24) is 9.80 Å². The van der Waals surface area contributed by atoms with E-state index in [2.05, 4.69) is 0 Å². The Bertz CT molecular complexity index is 990. The number of ether oxygens (including phenoxy) is 1. The van der Waals surface area contributed by atoms with Gasteiger partial charge in [-0.3, -0.25) is 33.8 Å². The van der Waals surface area contributed by atoms with Crippen molar-refractivity contribution in [2.24, 2.45) is 11.8 Å². The first-order valence-electron chi connectivity index (χ1n) is 11.1. The summed E-state index contributed by atoms with van der Waals surface area (Å²) in [5.41, 5.74) is 6.48. The number of nitrogens with zero attached hydrogens (tertiary/aromatic N) is 2. The molecule has 0 radical (unpaired) electrons. The molecule has 1 aliphatic carbocycles. The number of nitrogen functional groups attached to an aromatic ring is 1. The minimum absolute atomic E-state index is 0.0411. The number of fused-ring (bicyclic) bond motifs is 1. The van der Waals surface area contributed by atoms with Crippen LogP contribution in [-0.2, 0) is 19.1 Å². The van der Waals surface area contributed by atoms with E-state index in [1.54, 1.807) is 12.1 Å². The van der Waals surface area contributed by atoms with Gasteiger partial charge in [-0.1, -0.05) is 19.1 Å². The first-order valence-corrected chi connectivity index (χ1v) is 11.1. The second-order valence-electron chi connectivity index (χ2n) is 8.46. The molecule has 0 spiro atoms. The summed E-state index contributed by atoms with van der Waals surface area (Å²) < 4.78 is 5.35. The monoisotopic (exact) mass is 441 g/mol. The van der Waals surface area contributed by atoms with E-state index in [0.29, 0.717) is 0 Å². The molecular formula is C23H27N3O6. The highest BCUT2D eigenvalue weighted by Gasteiger charge is 2.50. The standard InChI is InChI=1S/C23H27N3O6/c1-2-25-10-4-7-16(25)23(31)32-12-11-26-17(27)9-8-14(22(26)30)19-20(28)13-5-3-6-15(24)18(13)21(19)29/h3,5-6,14,16,19H,2,4,7-12,24H2,1H3/t14?,16-,19?/m0/s1. The summed E-state index contributed by atoms with van der Waals surface area (Å²) in [5, 5.41) is 0. The predicted octanol–water partition coefficient (Wildman–Crippen LogP) is 1.06. The van der Waals surface area contributed by atoms with Gasteiger partial charge in [0.25, 0.3) is 0 Å². The van der Waals surface area contributed by atoms with Crippen molar-refractivity contribution in [3.05, 3.63) is 29.3 Å². The number of rotatable bonds is 6. The number of benzene rings is 1. The number of ketones is 2. The molecule has 1 aromatic carbocycles. The Morgan fingerprint density at radius 2 is 1.94 bits per heavy atom. The lowest BCUT2D eigenvalue weighted by Crippen LogP contribution is -2.50. The molecule has 2 fully saturated rings. The highest BCUT2D eigenvalue weighted by molar-refractivity contribution is 6.29. The van der Waals surface area contributed by atoms with E-state index in [1.807, 2.05) is 11.8 Å². The second-order valence-corrected chi connectivity index (χ2v) is 8.46. The van der Waals surface area contributed by atoms with Gasteiger partial charge in [0.2, 0.25) is 11.8 Å². The van der Waals surface area contributed by atoms with Crippen molar-refractivity contribution in [2.75, 3.05) is 32.0 Å². The molecule has 2 aliphatic heterocycles. The number of Topliss-reactive ketones (excluding diaryl/α,β-unsaturated/α-hetero) is 2. The van der Waals surface area contributed by atoms with Crippen LogP contribution in [0.4, 0.5) is 5.69 Å². The van der Waals surface area contributed by atoms with Gasteiger partial charge < -0.3 is 10.5 Å². The van der Waals surface area contributed by atoms with Crippen molar-refractivity contribution in [1.29, 1.82) is 0 Å². The number of nitrogens with two attached hydrogens (primary N) is 1. The molecule has 3 atom stereocenters. The smallest absolute Gasteiger partial charge is 0.323 e. The third-order valence-corrected chi connectivity index (χ3v) is 6.73. The molecule has 0 aromatic heterocycles. The molecule has 2 saturated heterocycles. The largest absolute Gasteiger partial charge is 0.463 e. The molecule has 1 aromatic rings. The van der Waals surface area contributed by atoms with Gasteiger partial charge in [0.15, 0.2) is 11.6 Å². The quantitative estimate of drug-likeness (QED) is 0.300. The minimum atomic E-state index is -1.17. The maximum Gasteiger partial charge on any atom is 0.323 e. The third kappa shape index (κ3) is 3.70. The number of piperidine rings is 1. The number of anilines is 1. The molecule has 4 rings (SSSR count). The van der Waals surface area contributed by atoms with Gasteiger partial charge in [-0.05, 0) is 38.4 Å². The van der Waals surface area contributed by atoms with Crippen LogP contribution in [0.15, 0.2) is 18.2 Å². The van der Waals surface area contributed by atoms with Gasteiger partial charge in [0, 0.05) is 17.7 Å². The molecule has 0 saturated carbocycles. The van der Waals surface area contributed by atoms with E-state index >= 15 is 0 Å². The van der Waals surface area contributed by atoms with Gasteiger partial charge in [0.05, 0.1) is 23.9 Å². The van der Waals surface area contributed by atoms with E-state index < -0.39 is 35.2 Å². The van der Waals surface area contributed by atoms with Gasteiger partial charge in [0.1, 0.15) is 12.6 Å². The number of likely N-dealkylation sites (tertiary alicyclic amines) is 2. The first-order chi connectivity index (χ1) is 15.3. The number of likely N-dealkylation sites (N-methyl/N-ethyl adjacent to an activating group) is 1. The van der Waals surface area contributed by atoms with Crippen molar-refractivity contribution < 1.29 is 28.7 Å². The first kappa shape index (κ1) is 22.1. The second kappa shape index (κ2) is 8.82. The van der Waals surface area contributed by atoms with Crippen molar-refractivity contribution in [3.8, 4) is 0 Å². The van der Waals surface area contributed by atoms with Crippen LogP contribution in [0.2, 0.25) is 0 Å². The number of esters is 1. The maximum absolute atomic E-state index is 13.1. The molecule has 2 unspecified atom stereocenters. The average molecular weight is 441 g/mol. The molecule has 2 N–H and O–H groups in total. The summed E-state index contributed by atoms with van der Waals surface area (Å²) >= 11 is 0. The zero-order chi connectivity index (χ0) is 23.0. The fraction of sp³-hybridized carbons (Fsp3) is 0.522. The highest BCUT2D eigenvalue weighted by Crippen LogP contribution is 2.38. The maximum atomic E-state index is 13.1. The van der Waals surface area contributed by atoms with Crippen LogP contribution < -0.4 is 5.73 Å². The topological polar surface area (TPSA) is 127 Å². The fourth-order valence-corrected chi connectivity index (χ4v) is 5.07. The Labute approximate surface area is 185 Å². The van der Waals surface area contributed by atoms with E-state index in [9.17, 15) is 24.0 Å². The Balaban J connectivity index is 1.42. The predicted molar refractivity (Wildman–Crippen MR) is 114 cm³/mol. The highest BCUT2D eigenvalue weighted by atomic mass is 16.5. The number of imide groups is 1. The molecule has 2 amide bonds. The average Bonchev–Trinajstić information content (AvgIpc) is 3.35. The van der Waals surface area contributed by atoms with E-state index in [4.69, 9.17) is 10.5 Å². The lowest BCUT2D eigenvalue weighted by Gasteiger charge is -2.32. The summed E-state index contributed by atoms with van der Waals surface area (Å²) in [6.07, 6.45) is 1.82. The molecule has 170 valence electrons. The molecule has 2 heterocycles. The van der Waals surface area contributed by atoms with Crippen LogP contribution >= 0.6 is 0 Å². The summed E-state index contributed by atoms with van der Waals surface area (Å²) in [4.78, 5) is 66.8. The summed E-state index contributed by atoms with van der Waals surface area (Å²) in [6.45, 7) is 3.37. The Morgan fingerprint density at radius 3 is 2.66 bits per heavy atom. The number of amides is 2. The van der Waals surface area contributed by atoms with Crippen LogP contribution in [0.1, 0.15) is 53.3 Å². The van der Waals surface area contributed by atoms with E-state index in [0.717, 1.165) is 30.8 Å². The Kier molecular flexibility index (Phi) is 6.10. The summed E-state index contributed by atoms with van der Waals surface area (Å²) in [7, 11) is 0. The zero-order valence-electron chi connectivity index (χ0n) is 18.0. The SMILES string of the molecule is CCN1CCC[C@H]1C(=O)OCCN1C(=O)CCC(C2C(=O)c3cccc(N)c3C2=O)C1=O. The lowest BCUT2D eigenvalue weighted by molar-refractivity contribution is -0.157. The van der Waals surface area contributed by atoms with Crippen molar-refractivity contribution in [3.63, 3.8) is 0 Å². The van der Waals surface area contributed by atoms with Crippen molar-refractivity contribution >= 4 is 35.0 Å². The Morgan fingerprint density at radius 1 is 1.16 bits per heavy atom.